The van der Waals surface area contributed by atoms with E-state index in [1.807, 2.05) is 25.1 Å². The van der Waals surface area contributed by atoms with Gasteiger partial charge in [0.15, 0.2) is 0 Å². The standard InChI is InChI=1S/C24H19N5O3S/c1-2-32-18-13-11-16(12-14-18)25-21(30)15-7-9-17(10-8-15)26-23-28-29-22(31)19-5-3-4-6-20(19)27-24(29)33-23/h3-14H,2H2,1H3,(H,25,30)(H,26,28). The molecule has 2 N–H and O–H groups in total. The van der Waals surface area contributed by atoms with Gasteiger partial charge in [-0.2, -0.15) is 4.52 Å². The molecule has 0 saturated carbocycles. The zero-order valence-corrected chi connectivity index (χ0v) is 18.4. The van der Waals surface area contributed by atoms with Crippen LogP contribution in [0.3, 0.4) is 0 Å². The number of amides is 1. The quantitative estimate of drug-likeness (QED) is 0.384. The lowest BCUT2D eigenvalue weighted by molar-refractivity contribution is 0.102. The molecule has 0 fully saturated rings. The highest BCUT2D eigenvalue weighted by Crippen LogP contribution is 2.23. The minimum atomic E-state index is -0.215. The predicted octanol–water partition coefficient (Wildman–Crippen LogP) is 4.70. The largest absolute Gasteiger partial charge is 0.494 e. The molecule has 0 aliphatic heterocycles. The number of nitrogens with zero attached hydrogens (tertiary/aromatic N) is 3. The molecular formula is C24H19N5O3S. The summed E-state index contributed by atoms with van der Waals surface area (Å²) in [6.07, 6.45) is 0. The summed E-state index contributed by atoms with van der Waals surface area (Å²) in [7, 11) is 0. The summed E-state index contributed by atoms with van der Waals surface area (Å²) in [5, 5.41) is 11.4. The summed E-state index contributed by atoms with van der Waals surface area (Å²) in [6.45, 7) is 2.51. The third-order valence-electron chi connectivity index (χ3n) is 4.92. The fourth-order valence-electron chi connectivity index (χ4n) is 3.34. The van der Waals surface area contributed by atoms with Gasteiger partial charge >= 0.3 is 0 Å². The minimum absolute atomic E-state index is 0.207. The number of fused-ring (bicyclic) bond motifs is 2. The van der Waals surface area contributed by atoms with Crippen molar-refractivity contribution in [2.45, 2.75) is 6.92 Å². The van der Waals surface area contributed by atoms with Gasteiger partial charge in [-0.1, -0.05) is 23.5 Å². The minimum Gasteiger partial charge on any atom is -0.494 e. The lowest BCUT2D eigenvalue weighted by Crippen LogP contribution is -2.15. The molecule has 33 heavy (non-hydrogen) atoms. The Morgan fingerprint density at radius 3 is 2.48 bits per heavy atom. The summed E-state index contributed by atoms with van der Waals surface area (Å²) in [4.78, 5) is 30.2. The third-order valence-corrected chi connectivity index (χ3v) is 5.75. The summed E-state index contributed by atoms with van der Waals surface area (Å²) in [6, 6.07) is 21.4. The fourth-order valence-corrected chi connectivity index (χ4v) is 4.16. The first-order valence-corrected chi connectivity index (χ1v) is 11.1. The Morgan fingerprint density at radius 1 is 1.00 bits per heavy atom. The number of para-hydroxylation sites is 1. The van der Waals surface area contributed by atoms with Crippen molar-refractivity contribution in [1.29, 1.82) is 0 Å². The molecule has 0 aliphatic carbocycles. The average Bonchev–Trinajstić information content (AvgIpc) is 3.24. The van der Waals surface area contributed by atoms with Crippen LogP contribution in [-0.4, -0.2) is 27.1 Å². The topological polar surface area (TPSA) is 97.6 Å². The number of carbonyl (C=O) groups excluding carboxylic acids is 1. The second-order valence-electron chi connectivity index (χ2n) is 7.15. The van der Waals surface area contributed by atoms with Crippen molar-refractivity contribution in [2.24, 2.45) is 0 Å². The van der Waals surface area contributed by atoms with Crippen LogP contribution in [0.2, 0.25) is 0 Å². The molecular weight excluding hydrogens is 438 g/mol. The van der Waals surface area contributed by atoms with Gasteiger partial charge in [0.25, 0.3) is 11.5 Å². The van der Waals surface area contributed by atoms with Gasteiger partial charge in [0, 0.05) is 16.9 Å². The fraction of sp³-hybridized carbons (Fsp3) is 0.0833. The summed E-state index contributed by atoms with van der Waals surface area (Å²) in [5.41, 5.74) is 2.37. The van der Waals surface area contributed by atoms with E-state index in [4.69, 9.17) is 4.74 Å². The van der Waals surface area contributed by atoms with E-state index in [1.54, 1.807) is 54.6 Å². The first kappa shape index (κ1) is 20.7. The molecule has 5 rings (SSSR count). The van der Waals surface area contributed by atoms with E-state index in [-0.39, 0.29) is 11.5 Å². The van der Waals surface area contributed by atoms with Crippen molar-refractivity contribution in [1.82, 2.24) is 14.6 Å². The zero-order valence-electron chi connectivity index (χ0n) is 17.6. The van der Waals surface area contributed by atoms with Gasteiger partial charge in [-0.3, -0.25) is 9.59 Å². The molecule has 1 amide bonds. The molecule has 0 bridgehead atoms. The molecule has 0 spiro atoms. The Labute approximate surface area is 192 Å². The monoisotopic (exact) mass is 457 g/mol. The normalized spacial score (nSPS) is 10.9. The van der Waals surface area contributed by atoms with Gasteiger partial charge in [0.2, 0.25) is 10.1 Å². The van der Waals surface area contributed by atoms with E-state index < -0.39 is 0 Å². The highest BCUT2D eigenvalue weighted by Gasteiger charge is 2.11. The lowest BCUT2D eigenvalue weighted by atomic mass is 10.2. The molecule has 0 aliphatic rings. The smallest absolute Gasteiger partial charge is 0.283 e. The van der Waals surface area contributed by atoms with Crippen molar-refractivity contribution < 1.29 is 9.53 Å². The van der Waals surface area contributed by atoms with Gasteiger partial charge in [-0.15, -0.1) is 5.10 Å². The molecule has 164 valence electrons. The lowest BCUT2D eigenvalue weighted by Gasteiger charge is -2.08. The van der Waals surface area contributed by atoms with E-state index in [1.165, 1.54) is 15.9 Å². The van der Waals surface area contributed by atoms with Gasteiger partial charge < -0.3 is 15.4 Å². The van der Waals surface area contributed by atoms with E-state index >= 15 is 0 Å². The predicted molar refractivity (Wildman–Crippen MR) is 130 cm³/mol. The van der Waals surface area contributed by atoms with Gasteiger partial charge in [0.1, 0.15) is 5.75 Å². The first-order valence-electron chi connectivity index (χ1n) is 10.3. The van der Waals surface area contributed by atoms with Crippen LogP contribution in [0, 0.1) is 0 Å². The number of anilines is 3. The maximum Gasteiger partial charge on any atom is 0.283 e. The Bertz CT molecular complexity index is 1510. The van der Waals surface area contributed by atoms with E-state index in [0.717, 1.165) is 11.4 Å². The second-order valence-corrected chi connectivity index (χ2v) is 8.11. The SMILES string of the molecule is CCOc1ccc(NC(=O)c2ccc(Nc3nn4c(=O)c5ccccc5nc4s3)cc2)cc1. The van der Waals surface area contributed by atoms with Crippen LogP contribution >= 0.6 is 11.3 Å². The number of hydrogen-bond acceptors (Lipinski definition) is 7. The number of carbonyl (C=O) groups is 1. The number of benzene rings is 3. The van der Waals surface area contributed by atoms with Crippen LogP contribution in [0.1, 0.15) is 17.3 Å². The molecule has 8 nitrogen and oxygen atoms in total. The number of aromatic nitrogens is 3. The van der Waals surface area contributed by atoms with Crippen molar-refractivity contribution in [3.63, 3.8) is 0 Å². The molecule has 2 aromatic heterocycles. The molecule has 2 heterocycles. The number of hydrogen-bond donors (Lipinski definition) is 2. The molecule has 0 atom stereocenters. The summed E-state index contributed by atoms with van der Waals surface area (Å²) >= 11 is 1.28. The maximum absolute atomic E-state index is 12.7. The zero-order chi connectivity index (χ0) is 22.8. The van der Waals surface area contributed by atoms with Crippen LogP contribution in [0.4, 0.5) is 16.5 Å². The van der Waals surface area contributed by atoms with Crippen molar-refractivity contribution in [3.8, 4) is 5.75 Å². The maximum atomic E-state index is 12.7. The Kier molecular flexibility index (Phi) is 5.45. The van der Waals surface area contributed by atoms with Crippen LogP contribution in [0.15, 0.2) is 77.6 Å². The number of ether oxygens (including phenoxy) is 1. The van der Waals surface area contributed by atoms with Crippen LogP contribution < -0.4 is 20.9 Å². The van der Waals surface area contributed by atoms with Crippen molar-refractivity contribution >= 4 is 49.6 Å². The van der Waals surface area contributed by atoms with E-state index in [0.29, 0.717) is 38.9 Å². The van der Waals surface area contributed by atoms with Gasteiger partial charge in [-0.25, -0.2) is 4.98 Å². The number of rotatable bonds is 6. The second kappa shape index (κ2) is 8.71. The first-order chi connectivity index (χ1) is 16.1. The molecule has 0 unspecified atom stereocenters. The highest BCUT2D eigenvalue weighted by atomic mass is 32.1. The molecule has 9 heteroatoms. The summed E-state index contributed by atoms with van der Waals surface area (Å²) in [5.74, 6) is 0.541. The Hall–Kier alpha value is -4.24. The molecule has 0 radical (unpaired) electrons. The average molecular weight is 458 g/mol. The Balaban J connectivity index is 1.31. The third kappa shape index (κ3) is 4.26. The van der Waals surface area contributed by atoms with Crippen molar-refractivity contribution in [2.75, 3.05) is 17.2 Å². The van der Waals surface area contributed by atoms with Crippen LogP contribution in [-0.2, 0) is 0 Å². The molecule has 0 saturated heterocycles. The van der Waals surface area contributed by atoms with E-state index in [2.05, 4.69) is 20.7 Å². The van der Waals surface area contributed by atoms with Crippen LogP contribution in [0.25, 0.3) is 15.9 Å². The van der Waals surface area contributed by atoms with Gasteiger partial charge in [0.05, 0.1) is 17.5 Å². The Morgan fingerprint density at radius 2 is 1.73 bits per heavy atom. The molecule has 5 aromatic rings. The number of nitrogens with one attached hydrogen (secondary N) is 2. The van der Waals surface area contributed by atoms with E-state index in [9.17, 15) is 9.59 Å². The molecule has 3 aromatic carbocycles. The van der Waals surface area contributed by atoms with Crippen molar-refractivity contribution in [3.05, 3.63) is 88.7 Å². The highest BCUT2D eigenvalue weighted by molar-refractivity contribution is 7.20. The van der Waals surface area contributed by atoms with Crippen LogP contribution in [0.5, 0.6) is 5.75 Å². The summed E-state index contributed by atoms with van der Waals surface area (Å²) < 4.78 is 6.71. The van der Waals surface area contributed by atoms with Gasteiger partial charge in [-0.05, 0) is 67.6 Å².